The first kappa shape index (κ1) is 22.4. The molecule has 0 aromatic rings. The van der Waals surface area contributed by atoms with Crippen LogP contribution in [0.2, 0.25) is 0 Å². The van der Waals surface area contributed by atoms with Gasteiger partial charge in [-0.2, -0.15) is 0 Å². The summed E-state index contributed by atoms with van der Waals surface area (Å²) >= 11 is 0. The Kier molecular flexibility index (Phi) is 5.99. The fourth-order valence-corrected chi connectivity index (χ4v) is 6.57. The topological polar surface area (TPSA) is 84.9 Å². The molecule has 4 bridgehead atoms. The average Bonchev–Trinajstić information content (AvgIpc) is 2.65. The maximum absolute atomic E-state index is 12.9. The van der Waals surface area contributed by atoms with Gasteiger partial charge in [-0.05, 0) is 96.8 Å². The smallest absolute Gasteiger partial charge is 0.410 e. The maximum Gasteiger partial charge on any atom is 0.410 e. The number of carbonyl (C=O) groups excluding carboxylic acids is 3. The number of piperidine rings is 1. The zero-order valence-corrected chi connectivity index (χ0v) is 19.4. The highest BCUT2D eigenvalue weighted by Gasteiger charge is 2.52. The summed E-state index contributed by atoms with van der Waals surface area (Å²) in [6.45, 7) is 8.11. The van der Waals surface area contributed by atoms with Gasteiger partial charge in [0, 0.05) is 18.6 Å². The lowest BCUT2D eigenvalue weighted by atomic mass is 9.53. The summed E-state index contributed by atoms with van der Waals surface area (Å²) < 4.78 is 11.0. The molecule has 0 aromatic heterocycles. The van der Waals surface area contributed by atoms with Crippen LogP contribution in [-0.2, 0) is 19.1 Å². The van der Waals surface area contributed by atoms with Crippen LogP contribution >= 0.6 is 0 Å². The lowest BCUT2D eigenvalue weighted by Gasteiger charge is -2.57. The van der Waals surface area contributed by atoms with E-state index in [1.54, 1.807) is 11.8 Å². The molecule has 4 saturated carbocycles. The molecule has 7 nitrogen and oxygen atoms in total. The summed E-state index contributed by atoms with van der Waals surface area (Å²) in [6.07, 6.45) is 7.12. The van der Waals surface area contributed by atoms with E-state index in [0.29, 0.717) is 25.9 Å². The lowest BCUT2D eigenvalue weighted by molar-refractivity contribution is -0.161. The van der Waals surface area contributed by atoms with E-state index in [2.05, 4.69) is 5.32 Å². The Morgan fingerprint density at radius 1 is 0.968 bits per heavy atom. The summed E-state index contributed by atoms with van der Waals surface area (Å²) in [5.74, 6) is 1.46. The molecular formula is C24H38N2O5. The van der Waals surface area contributed by atoms with Crippen molar-refractivity contribution in [3.05, 3.63) is 0 Å². The van der Waals surface area contributed by atoms with E-state index in [9.17, 15) is 14.4 Å². The van der Waals surface area contributed by atoms with Crippen LogP contribution in [0.4, 0.5) is 4.79 Å². The van der Waals surface area contributed by atoms with E-state index in [1.807, 2.05) is 20.8 Å². The molecule has 5 fully saturated rings. The van der Waals surface area contributed by atoms with Crippen LogP contribution in [0.1, 0.15) is 79.1 Å². The number of nitrogens with zero attached hydrogens (tertiary/aromatic N) is 1. The van der Waals surface area contributed by atoms with Gasteiger partial charge in [0.15, 0.2) is 6.10 Å². The third-order valence-electron chi connectivity index (χ3n) is 7.57. The van der Waals surface area contributed by atoms with Gasteiger partial charge in [0.1, 0.15) is 5.60 Å². The Hall–Kier alpha value is -1.79. The fourth-order valence-electron chi connectivity index (χ4n) is 6.57. The van der Waals surface area contributed by atoms with Crippen LogP contribution in [0.15, 0.2) is 0 Å². The zero-order chi connectivity index (χ0) is 22.4. The normalized spacial score (nSPS) is 33.7. The van der Waals surface area contributed by atoms with Gasteiger partial charge < -0.3 is 19.7 Å². The SMILES string of the molecule is C[C@H](OC(=O)C1CCN(C(=O)OC(C)(C)C)CC1)C(=O)NC12CC3CC(CC(C3)C1)C2. The highest BCUT2D eigenvalue weighted by molar-refractivity contribution is 5.84. The Morgan fingerprint density at radius 3 is 1.97 bits per heavy atom. The van der Waals surface area contributed by atoms with E-state index < -0.39 is 11.7 Å². The van der Waals surface area contributed by atoms with Gasteiger partial charge >= 0.3 is 12.1 Å². The number of ether oxygens (including phenoxy) is 2. The van der Waals surface area contributed by atoms with Gasteiger partial charge in [-0.25, -0.2) is 4.79 Å². The predicted octanol–water partition coefficient (Wildman–Crippen LogP) is 3.65. The molecule has 0 radical (unpaired) electrons. The van der Waals surface area contributed by atoms with Crippen molar-refractivity contribution in [1.82, 2.24) is 10.2 Å². The van der Waals surface area contributed by atoms with E-state index in [4.69, 9.17) is 9.47 Å². The number of likely N-dealkylation sites (tertiary alicyclic amines) is 1. The third-order valence-corrected chi connectivity index (χ3v) is 7.57. The van der Waals surface area contributed by atoms with E-state index in [-0.39, 0.29) is 29.4 Å². The molecule has 7 heteroatoms. The summed E-state index contributed by atoms with van der Waals surface area (Å²) in [7, 11) is 0. The van der Waals surface area contributed by atoms with Gasteiger partial charge in [0.05, 0.1) is 5.92 Å². The average molecular weight is 435 g/mol. The predicted molar refractivity (Wildman–Crippen MR) is 115 cm³/mol. The van der Waals surface area contributed by atoms with Crippen LogP contribution < -0.4 is 5.32 Å². The molecule has 5 rings (SSSR count). The minimum atomic E-state index is -0.788. The lowest BCUT2D eigenvalue weighted by Crippen LogP contribution is -2.61. The molecule has 174 valence electrons. The van der Waals surface area contributed by atoms with Crippen LogP contribution in [0.3, 0.4) is 0 Å². The highest BCUT2D eigenvalue weighted by atomic mass is 16.6. The van der Waals surface area contributed by atoms with E-state index in [1.165, 1.54) is 19.3 Å². The monoisotopic (exact) mass is 434 g/mol. The van der Waals surface area contributed by atoms with Crippen molar-refractivity contribution in [1.29, 1.82) is 0 Å². The number of esters is 1. The Balaban J connectivity index is 1.24. The Bertz CT molecular complexity index is 685. The van der Waals surface area contributed by atoms with Gasteiger partial charge in [0.25, 0.3) is 5.91 Å². The number of amides is 2. The first-order valence-electron chi connectivity index (χ1n) is 12.0. The van der Waals surface area contributed by atoms with Crippen molar-refractivity contribution in [2.24, 2.45) is 23.7 Å². The van der Waals surface area contributed by atoms with Crippen LogP contribution in [-0.4, -0.2) is 53.2 Å². The molecule has 1 aliphatic heterocycles. The van der Waals surface area contributed by atoms with Crippen molar-refractivity contribution in [2.75, 3.05) is 13.1 Å². The van der Waals surface area contributed by atoms with Crippen molar-refractivity contribution in [2.45, 2.75) is 96.3 Å². The fraction of sp³-hybridized carbons (Fsp3) is 0.875. The molecule has 1 N–H and O–H groups in total. The van der Waals surface area contributed by atoms with E-state index in [0.717, 1.165) is 37.0 Å². The van der Waals surface area contributed by atoms with E-state index >= 15 is 0 Å². The molecule has 2 amide bonds. The van der Waals surface area contributed by atoms with Crippen molar-refractivity contribution >= 4 is 18.0 Å². The molecular weight excluding hydrogens is 396 g/mol. The molecule has 5 aliphatic rings. The summed E-state index contributed by atoms with van der Waals surface area (Å²) in [5, 5.41) is 3.29. The molecule has 1 heterocycles. The summed E-state index contributed by atoms with van der Waals surface area (Å²) in [4.78, 5) is 39.3. The van der Waals surface area contributed by atoms with Gasteiger partial charge in [-0.3, -0.25) is 9.59 Å². The molecule has 0 unspecified atom stereocenters. The maximum atomic E-state index is 12.9. The first-order valence-corrected chi connectivity index (χ1v) is 12.0. The van der Waals surface area contributed by atoms with Crippen molar-refractivity contribution in [3.63, 3.8) is 0 Å². The number of carbonyl (C=O) groups is 3. The quantitative estimate of drug-likeness (QED) is 0.683. The summed E-state index contributed by atoms with van der Waals surface area (Å²) in [5.41, 5.74) is -0.613. The van der Waals surface area contributed by atoms with Gasteiger partial charge in [-0.15, -0.1) is 0 Å². The number of hydrogen-bond acceptors (Lipinski definition) is 5. The second kappa shape index (κ2) is 8.28. The largest absolute Gasteiger partial charge is 0.452 e. The van der Waals surface area contributed by atoms with Crippen molar-refractivity contribution in [3.8, 4) is 0 Å². The highest BCUT2D eigenvalue weighted by Crippen LogP contribution is 2.55. The number of rotatable bonds is 4. The molecule has 0 aromatic carbocycles. The first-order chi connectivity index (χ1) is 14.5. The van der Waals surface area contributed by atoms with Crippen LogP contribution in [0, 0.1) is 23.7 Å². The van der Waals surface area contributed by atoms with Crippen LogP contribution in [0.25, 0.3) is 0 Å². The second-order valence-electron chi connectivity index (χ2n) is 11.5. The minimum absolute atomic E-state index is 0.0781. The molecule has 1 atom stereocenters. The standard InChI is InChI=1S/C24H38N2O5/c1-15(20(27)25-24-12-16-9-17(13-24)11-18(10-16)14-24)30-21(28)19-5-7-26(8-6-19)22(29)31-23(2,3)4/h15-19H,5-14H2,1-4H3,(H,25,27)/t15-,16?,17?,18?,24?/m0/s1. The minimum Gasteiger partial charge on any atom is -0.452 e. The Morgan fingerprint density at radius 2 is 1.48 bits per heavy atom. The molecule has 0 spiro atoms. The second-order valence-corrected chi connectivity index (χ2v) is 11.5. The van der Waals surface area contributed by atoms with Crippen molar-refractivity contribution < 1.29 is 23.9 Å². The summed E-state index contributed by atoms with van der Waals surface area (Å²) in [6, 6.07) is 0. The van der Waals surface area contributed by atoms with Gasteiger partial charge in [-0.1, -0.05) is 0 Å². The number of nitrogens with one attached hydrogen (secondary N) is 1. The molecule has 1 saturated heterocycles. The number of hydrogen-bond donors (Lipinski definition) is 1. The van der Waals surface area contributed by atoms with Crippen LogP contribution in [0.5, 0.6) is 0 Å². The Labute approximate surface area is 185 Å². The zero-order valence-electron chi connectivity index (χ0n) is 19.4. The third kappa shape index (κ3) is 5.17. The molecule has 31 heavy (non-hydrogen) atoms. The van der Waals surface area contributed by atoms with Gasteiger partial charge in [0.2, 0.25) is 0 Å². The molecule has 4 aliphatic carbocycles.